The molecule has 11 rings (SSSR count). The molecule has 316 valence electrons. The summed E-state index contributed by atoms with van der Waals surface area (Å²) in [4.78, 5) is 6.69. The van der Waals surface area contributed by atoms with E-state index < -0.39 is 0 Å². The van der Waals surface area contributed by atoms with Crippen LogP contribution in [0.15, 0.2) is 0 Å². The van der Waals surface area contributed by atoms with Crippen LogP contribution in [0.25, 0.3) is 0 Å². The van der Waals surface area contributed by atoms with Crippen molar-refractivity contribution in [2.75, 3.05) is 0 Å². The Morgan fingerprint density at radius 3 is 1.00 bits per heavy atom. The summed E-state index contributed by atoms with van der Waals surface area (Å²) < 4.78 is 0. The van der Waals surface area contributed by atoms with E-state index in [2.05, 4.69) is 9.80 Å². The van der Waals surface area contributed by atoms with Gasteiger partial charge in [-0.05, 0) is 193 Å². The second kappa shape index (κ2) is 17.4. The average molecular weight is 767 g/mol. The lowest BCUT2D eigenvalue weighted by molar-refractivity contribution is 0.0184. The van der Waals surface area contributed by atoms with Crippen LogP contribution in [0.2, 0.25) is 0 Å². The van der Waals surface area contributed by atoms with E-state index in [9.17, 15) is 0 Å². The van der Waals surface area contributed by atoms with Gasteiger partial charge in [-0.2, -0.15) is 0 Å². The van der Waals surface area contributed by atoms with Gasteiger partial charge in [0.05, 0.1) is 0 Å². The van der Waals surface area contributed by atoms with Crippen molar-refractivity contribution >= 4 is 0 Å². The molecule has 0 aromatic carbocycles. The van der Waals surface area contributed by atoms with Crippen molar-refractivity contribution in [3.05, 3.63) is 0 Å². The molecule has 2 nitrogen and oxygen atoms in total. The fraction of sp³-hybridized carbons (Fsp3) is 1.00. The van der Waals surface area contributed by atoms with E-state index in [-0.39, 0.29) is 0 Å². The molecule has 0 aromatic heterocycles. The fourth-order valence-electron chi connectivity index (χ4n) is 19.6. The molecule has 9 aliphatic carbocycles. The molecule has 9 saturated carbocycles. The molecular formula is C54H90N2. The maximum absolute atomic E-state index is 3.36. The third-order valence-electron chi connectivity index (χ3n) is 22.0. The summed E-state index contributed by atoms with van der Waals surface area (Å²) in [5, 5.41) is 0. The van der Waals surface area contributed by atoms with Gasteiger partial charge in [0.2, 0.25) is 0 Å². The highest BCUT2D eigenvalue weighted by molar-refractivity contribution is 5.10. The highest BCUT2D eigenvalue weighted by Crippen LogP contribution is 2.58. The van der Waals surface area contributed by atoms with E-state index >= 15 is 0 Å². The van der Waals surface area contributed by atoms with Crippen molar-refractivity contribution in [3.8, 4) is 0 Å². The van der Waals surface area contributed by atoms with E-state index in [1.807, 2.05) is 0 Å². The van der Waals surface area contributed by atoms with Gasteiger partial charge in [-0.3, -0.25) is 9.80 Å². The van der Waals surface area contributed by atoms with E-state index in [1.54, 1.807) is 193 Å². The predicted octanol–water partition coefficient (Wildman–Crippen LogP) is 14.4. The molecule has 0 amide bonds. The molecule has 2 saturated heterocycles. The van der Waals surface area contributed by atoms with Crippen LogP contribution in [-0.4, -0.2) is 46.1 Å². The van der Waals surface area contributed by atoms with Crippen molar-refractivity contribution < 1.29 is 0 Å². The first-order valence-corrected chi connectivity index (χ1v) is 27.3. The Morgan fingerprint density at radius 1 is 0.196 bits per heavy atom. The van der Waals surface area contributed by atoms with Crippen LogP contribution in [0.5, 0.6) is 0 Å². The van der Waals surface area contributed by atoms with Crippen LogP contribution >= 0.6 is 0 Å². The Kier molecular flexibility index (Phi) is 12.0. The average Bonchev–Trinajstić information content (AvgIpc) is 3.79. The minimum absolute atomic E-state index is 0.946. The molecule has 56 heavy (non-hydrogen) atoms. The fourth-order valence-corrected chi connectivity index (χ4v) is 19.6. The minimum atomic E-state index is 0.946. The third-order valence-corrected chi connectivity index (χ3v) is 22.0. The first-order valence-electron chi connectivity index (χ1n) is 27.3. The summed E-state index contributed by atoms with van der Waals surface area (Å²) >= 11 is 0. The van der Waals surface area contributed by atoms with Gasteiger partial charge in [0.15, 0.2) is 0 Å². The monoisotopic (exact) mass is 767 g/mol. The molecule has 2 heterocycles. The van der Waals surface area contributed by atoms with Gasteiger partial charge in [0.1, 0.15) is 0 Å². The lowest BCUT2D eigenvalue weighted by Gasteiger charge is -2.48. The summed E-state index contributed by atoms with van der Waals surface area (Å²) in [5.74, 6) is 13.0. The first-order chi connectivity index (χ1) is 27.8. The number of rotatable bonds is 6. The summed E-state index contributed by atoms with van der Waals surface area (Å²) in [7, 11) is 0. The van der Waals surface area contributed by atoms with Crippen molar-refractivity contribution in [3.63, 3.8) is 0 Å². The van der Waals surface area contributed by atoms with Crippen LogP contribution in [0, 0.1) is 71.0 Å². The summed E-state index contributed by atoms with van der Waals surface area (Å²) in [6.07, 6.45) is 56.6. The second-order valence-electron chi connectivity index (χ2n) is 24.2. The van der Waals surface area contributed by atoms with Gasteiger partial charge in [0.25, 0.3) is 0 Å². The molecule has 11 fully saturated rings. The number of likely N-dealkylation sites (tertiary alicyclic amines) is 2. The van der Waals surface area contributed by atoms with Crippen LogP contribution < -0.4 is 0 Å². The quantitative estimate of drug-likeness (QED) is 0.266. The number of fused-ring (bicyclic) bond motifs is 6. The van der Waals surface area contributed by atoms with Gasteiger partial charge in [-0.25, -0.2) is 0 Å². The highest BCUT2D eigenvalue weighted by Gasteiger charge is 2.57. The Balaban J connectivity index is 0.719. The van der Waals surface area contributed by atoms with E-state index in [0.717, 1.165) is 107 Å². The zero-order chi connectivity index (χ0) is 37.0. The number of hydrogen-bond donors (Lipinski definition) is 0. The topological polar surface area (TPSA) is 6.48 Å². The van der Waals surface area contributed by atoms with Gasteiger partial charge >= 0.3 is 0 Å². The van der Waals surface area contributed by atoms with E-state index in [1.165, 1.54) is 38.5 Å². The number of nitrogens with zero attached hydrogens (tertiary/aromatic N) is 2. The second-order valence-corrected chi connectivity index (χ2v) is 24.2. The molecule has 12 atom stereocenters. The number of hydrogen-bond acceptors (Lipinski definition) is 2. The normalized spacial score (nSPS) is 50.1. The van der Waals surface area contributed by atoms with Gasteiger partial charge in [-0.15, -0.1) is 0 Å². The maximum Gasteiger partial charge on any atom is 0.0133 e. The molecule has 0 aromatic rings. The highest BCUT2D eigenvalue weighted by atomic mass is 15.3. The summed E-state index contributed by atoms with van der Waals surface area (Å²) in [5.41, 5.74) is 0. The molecule has 0 bridgehead atoms. The Morgan fingerprint density at radius 2 is 0.518 bits per heavy atom. The molecule has 12 unspecified atom stereocenters. The van der Waals surface area contributed by atoms with Crippen LogP contribution in [0.1, 0.15) is 231 Å². The van der Waals surface area contributed by atoms with Crippen LogP contribution in [-0.2, 0) is 0 Å². The van der Waals surface area contributed by atoms with Gasteiger partial charge < -0.3 is 0 Å². The molecule has 0 spiro atoms. The van der Waals surface area contributed by atoms with Gasteiger partial charge in [0, 0.05) is 36.3 Å². The Hall–Kier alpha value is -0.0800. The lowest BCUT2D eigenvalue weighted by Crippen LogP contribution is -2.50. The maximum atomic E-state index is 3.36. The van der Waals surface area contributed by atoms with Crippen molar-refractivity contribution in [2.45, 2.75) is 267 Å². The molecule has 0 N–H and O–H groups in total. The SMILES string of the molecule is C1CCC(C2CCC(N3C4CCCCC4C4CC(C5CCC6C(C5)C5CCCCC5N6C5CCC(C6CCCC(C7CCCCC7)C6)CC5)CCC43)CC2)CC1. The van der Waals surface area contributed by atoms with E-state index in [4.69, 9.17) is 0 Å². The molecule has 2 aliphatic heterocycles. The lowest BCUT2D eigenvalue weighted by atomic mass is 9.62. The Bertz CT molecular complexity index is 1250. The molecule has 11 aliphatic rings. The van der Waals surface area contributed by atoms with Crippen LogP contribution in [0.3, 0.4) is 0 Å². The minimum Gasteiger partial charge on any atom is -0.294 e. The zero-order valence-corrected chi connectivity index (χ0v) is 36.7. The van der Waals surface area contributed by atoms with Crippen molar-refractivity contribution in [2.24, 2.45) is 71.0 Å². The Labute approximate surface area is 347 Å². The van der Waals surface area contributed by atoms with Crippen molar-refractivity contribution in [1.82, 2.24) is 9.80 Å². The van der Waals surface area contributed by atoms with Crippen LogP contribution in [0.4, 0.5) is 0 Å². The largest absolute Gasteiger partial charge is 0.294 e. The smallest absolute Gasteiger partial charge is 0.0133 e. The molecule has 2 heteroatoms. The summed E-state index contributed by atoms with van der Waals surface area (Å²) in [6, 6.07) is 5.78. The van der Waals surface area contributed by atoms with Gasteiger partial charge in [-0.1, -0.05) is 109 Å². The molecule has 0 radical (unpaired) electrons. The standard InChI is InChI=1S/C54H90N2/c1-3-12-37(13-4-1)39-22-28-45(29-23-39)55-51-20-9-7-18-47(51)49-35-43(26-32-53(49)55)44-27-33-54-50(36-44)48-19-8-10-21-52(48)56(54)46-30-24-40(25-31-46)42-17-11-16-41(34-42)38-14-5-2-6-15-38/h37-54H,1-36H2. The predicted molar refractivity (Wildman–Crippen MR) is 234 cm³/mol. The molecular weight excluding hydrogens is 677 g/mol. The third kappa shape index (κ3) is 7.50. The zero-order valence-electron chi connectivity index (χ0n) is 36.7. The first kappa shape index (κ1) is 38.8. The summed E-state index contributed by atoms with van der Waals surface area (Å²) in [6.45, 7) is 0. The van der Waals surface area contributed by atoms with Crippen molar-refractivity contribution in [1.29, 1.82) is 0 Å². The van der Waals surface area contributed by atoms with E-state index in [0.29, 0.717) is 0 Å².